The van der Waals surface area contributed by atoms with Gasteiger partial charge in [0, 0.05) is 31.1 Å². The molecule has 0 aliphatic carbocycles. The van der Waals surface area contributed by atoms with Crippen molar-refractivity contribution in [1.82, 2.24) is 14.7 Å². The zero-order chi connectivity index (χ0) is 19.7. The first-order valence-electron chi connectivity index (χ1n) is 9.29. The van der Waals surface area contributed by atoms with Crippen molar-refractivity contribution >= 4 is 28.7 Å². The Kier molecular flexibility index (Phi) is 5.19. The highest BCUT2D eigenvalue weighted by atomic mass is 32.1. The maximum Gasteiger partial charge on any atom is 0.278 e. The molecule has 2 aliphatic rings. The quantitative estimate of drug-likeness (QED) is 0.725. The smallest absolute Gasteiger partial charge is 0.278 e. The van der Waals surface area contributed by atoms with Gasteiger partial charge in [-0.15, -0.1) is 11.3 Å². The maximum atomic E-state index is 13.3. The summed E-state index contributed by atoms with van der Waals surface area (Å²) in [7, 11) is 3.69. The number of hydrogen-bond acceptors (Lipinski definition) is 6. The molecule has 0 spiro atoms. The van der Waals surface area contributed by atoms with Gasteiger partial charge in [-0.25, -0.2) is 0 Å². The number of thiophene rings is 1. The number of nitrogens with zero attached hydrogens (tertiary/aromatic N) is 3. The van der Waals surface area contributed by atoms with E-state index >= 15 is 0 Å². The number of amides is 2. The van der Waals surface area contributed by atoms with Crippen LogP contribution in [0.25, 0.3) is 5.57 Å². The zero-order valence-corrected chi connectivity index (χ0v) is 16.9. The molecule has 0 N–H and O–H groups in total. The number of likely N-dealkylation sites (N-methyl/N-ethyl adjacent to an activating group) is 1. The molecule has 1 saturated heterocycles. The summed E-state index contributed by atoms with van der Waals surface area (Å²) < 4.78 is 5.19. The predicted octanol–water partition coefficient (Wildman–Crippen LogP) is 2.28. The fourth-order valence-corrected chi connectivity index (χ4v) is 4.35. The molecule has 1 aromatic carbocycles. The van der Waals surface area contributed by atoms with Crippen molar-refractivity contribution < 1.29 is 14.3 Å². The normalized spacial score (nSPS) is 18.4. The summed E-state index contributed by atoms with van der Waals surface area (Å²) in [4.78, 5) is 33.1. The third-order valence-electron chi connectivity index (χ3n) is 5.23. The molecule has 1 fully saturated rings. The van der Waals surface area contributed by atoms with Gasteiger partial charge in [0.25, 0.3) is 11.8 Å². The van der Waals surface area contributed by atoms with Gasteiger partial charge in [-0.05, 0) is 36.2 Å². The zero-order valence-electron chi connectivity index (χ0n) is 16.1. The molecule has 28 heavy (non-hydrogen) atoms. The third-order valence-corrected chi connectivity index (χ3v) is 6.12. The Balaban J connectivity index is 1.65. The Morgan fingerprint density at radius 2 is 1.71 bits per heavy atom. The second-order valence-corrected chi connectivity index (χ2v) is 7.98. The largest absolute Gasteiger partial charge is 0.497 e. The Morgan fingerprint density at radius 1 is 1.00 bits per heavy atom. The molecular formula is C21H23N3O3S. The molecule has 3 heterocycles. The van der Waals surface area contributed by atoms with Crippen molar-refractivity contribution in [2.45, 2.75) is 6.54 Å². The van der Waals surface area contributed by atoms with Gasteiger partial charge in [0.2, 0.25) is 0 Å². The highest BCUT2D eigenvalue weighted by Crippen LogP contribution is 2.35. The van der Waals surface area contributed by atoms with E-state index in [4.69, 9.17) is 4.74 Å². The summed E-state index contributed by atoms with van der Waals surface area (Å²) in [5.41, 5.74) is 1.99. The van der Waals surface area contributed by atoms with Crippen LogP contribution in [0, 0.1) is 0 Å². The Hall–Kier alpha value is -2.64. The molecule has 2 aliphatic heterocycles. The van der Waals surface area contributed by atoms with Crippen molar-refractivity contribution in [3.8, 4) is 5.75 Å². The summed E-state index contributed by atoms with van der Waals surface area (Å²) in [5, 5.41) is 1.94. The molecule has 6 nitrogen and oxygen atoms in total. The van der Waals surface area contributed by atoms with Crippen LogP contribution in [0.3, 0.4) is 0 Å². The van der Waals surface area contributed by atoms with Crippen molar-refractivity contribution in [1.29, 1.82) is 0 Å². The first-order chi connectivity index (χ1) is 13.6. The van der Waals surface area contributed by atoms with E-state index < -0.39 is 0 Å². The molecule has 4 rings (SSSR count). The Morgan fingerprint density at radius 3 is 2.32 bits per heavy atom. The summed E-state index contributed by atoms with van der Waals surface area (Å²) in [5.74, 6) is 0.337. The van der Waals surface area contributed by atoms with Crippen LogP contribution in [0.4, 0.5) is 0 Å². The van der Waals surface area contributed by atoms with Gasteiger partial charge < -0.3 is 14.5 Å². The van der Waals surface area contributed by atoms with Crippen LogP contribution < -0.4 is 4.74 Å². The third kappa shape index (κ3) is 3.43. The lowest BCUT2D eigenvalue weighted by molar-refractivity contribution is -0.138. The van der Waals surface area contributed by atoms with E-state index in [1.165, 1.54) is 16.2 Å². The topological polar surface area (TPSA) is 53.1 Å². The van der Waals surface area contributed by atoms with Crippen molar-refractivity contribution in [2.24, 2.45) is 0 Å². The molecule has 0 unspecified atom stereocenters. The number of methoxy groups -OCH3 is 1. The Labute approximate surface area is 168 Å². The van der Waals surface area contributed by atoms with E-state index in [-0.39, 0.29) is 18.4 Å². The minimum Gasteiger partial charge on any atom is -0.497 e. The van der Waals surface area contributed by atoms with Crippen LogP contribution >= 0.6 is 11.3 Å². The minimum atomic E-state index is -0.211. The summed E-state index contributed by atoms with van der Waals surface area (Å²) in [6.45, 7) is 3.50. The van der Waals surface area contributed by atoms with Crippen molar-refractivity contribution in [2.75, 3.05) is 40.3 Å². The highest BCUT2D eigenvalue weighted by molar-refractivity contribution is 7.11. The number of carbonyl (C=O) groups is 2. The lowest BCUT2D eigenvalue weighted by atomic mass is 10.1. The number of piperazine rings is 1. The van der Waals surface area contributed by atoms with Crippen LogP contribution in [0.5, 0.6) is 5.75 Å². The average molecular weight is 398 g/mol. The second-order valence-electron chi connectivity index (χ2n) is 7.04. The van der Waals surface area contributed by atoms with Gasteiger partial charge in [-0.2, -0.15) is 0 Å². The number of benzene rings is 1. The standard InChI is InChI=1S/C21H23N3O3S/c1-22-9-11-23(12-10-22)19-18(17-4-3-13-28-17)20(25)24(21(19)26)14-15-5-7-16(27-2)8-6-15/h3-8,13H,9-12,14H2,1-2H3. The average Bonchev–Trinajstić information content (AvgIpc) is 3.32. The summed E-state index contributed by atoms with van der Waals surface area (Å²) >= 11 is 1.50. The molecule has 2 aromatic rings. The molecule has 7 heteroatoms. The fourth-order valence-electron chi connectivity index (χ4n) is 3.59. The van der Waals surface area contributed by atoms with Crippen molar-refractivity contribution in [3.63, 3.8) is 0 Å². The number of imide groups is 1. The molecular weight excluding hydrogens is 374 g/mol. The van der Waals surface area contributed by atoms with Gasteiger partial charge in [0.05, 0.1) is 19.2 Å². The predicted molar refractivity (Wildman–Crippen MR) is 109 cm³/mol. The monoisotopic (exact) mass is 397 g/mol. The maximum absolute atomic E-state index is 13.3. The van der Waals surface area contributed by atoms with E-state index in [0.29, 0.717) is 11.3 Å². The van der Waals surface area contributed by atoms with Gasteiger partial charge in [-0.3, -0.25) is 14.5 Å². The summed E-state index contributed by atoms with van der Waals surface area (Å²) in [6.07, 6.45) is 0. The van der Waals surface area contributed by atoms with Gasteiger partial charge >= 0.3 is 0 Å². The lowest BCUT2D eigenvalue weighted by Crippen LogP contribution is -2.46. The first kappa shape index (κ1) is 18.7. The molecule has 146 valence electrons. The first-order valence-corrected chi connectivity index (χ1v) is 10.2. The van der Waals surface area contributed by atoms with Gasteiger partial charge in [0.1, 0.15) is 11.4 Å². The molecule has 0 radical (unpaired) electrons. The number of hydrogen-bond donors (Lipinski definition) is 0. The van der Waals surface area contributed by atoms with Crippen LogP contribution in [-0.2, 0) is 16.1 Å². The van der Waals surface area contributed by atoms with E-state index in [9.17, 15) is 9.59 Å². The van der Waals surface area contributed by atoms with E-state index in [0.717, 1.165) is 42.4 Å². The Bertz CT molecular complexity index is 897. The molecule has 0 bridgehead atoms. The number of rotatable bonds is 5. The van der Waals surface area contributed by atoms with Crippen LogP contribution in [-0.4, -0.2) is 66.9 Å². The van der Waals surface area contributed by atoms with Crippen LogP contribution in [0.2, 0.25) is 0 Å². The molecule has 0 atom stereocenters. The molecule has 2 amide bonds. The summed E-state index contributed by atoms with van der Waals surface area (Å²) in [6, 6.07) is 11.3. The van der Waals surface area contributed by atoms with Gasteiger partial charge in [-0.1, -0.05) is 18.2 Å². The highest BCUT2D eigenvalue weighted by Gasteiger charge is 2.42. The van der Waals surface area contributed by atoms with E-state index in [1.807, 2.05) is 41.8 Å². The van der Waals surface area contributed by atoms with Crippen LogP contribution in [0.15, 0.2) is 47.5 Å². The lowest BCUT2D eigenvalue weighted by Gasteiger charge is -2.34. The number of carbonyl (C=O) groups excluding carboxylic acids is 2. The van der Waals surface area contributed by atoms with Gasteiger partial charge in [0.15, 0.2) is 0 Å². The minimum absolute atomic E-state index is 0.200. The van der Waals surface area contributed by atoms with Crippen molar-refractivity contribution in [3.05, 3.63) is 57.9 Å². The van der Waals surface area contributed by atoms with E-state index in [2.05, 4.69) is 16.8 Å². The molecule has 1 aromatic heterocycles. The SMILES string of the molecule is COc1ccc(CN2C(=O)C(c3cccs3)=C(N3CCN(C)CC3)C2=O)cc1. The fraction of sp³-hybridized carbons (Fsp3) is 0.333. The molecule has 0 saturated carbocycles. The number of ether oxygens (including phenoxy) is 1. The van der Waals surface area contributed by atoms with Crippen LogP contribution in [0.1, 0.15) is 10.4 Å². The second kappa shape index (κ2) is 7.77. The van der Waals surface area contributed by atoms with E-state index in [1.54, 1.807) is 7.11 Å².